The zero-order valence-corrected chi connectivity index (χ0v) is 14.8. The fraction of sp³-hybridized carbons (Fsp3) is 0.222. The van der Waals surface area contributed by atoms with Crippen LogP contribution in [0.2, 0.25) is 0 Å². The Balaban J connectivity index is 1.53. The van der Waals surface area contributed by atoms with Crippen molar-refractivity contribution in [2.75, 3.05) is 0 Å². The van der Waals surface area contributed by atoms with E-state index in [9.17, 15) is 14.9 Å². The topological polar surface area (TPSA) is 112 Å². The predicted molar refractivity (Wildman–Crippen MR) is 95.3 cm³/mol. The van der Waals surface area contributed by atoms with Crippen molar-refractivity contribution in [3.63, 3.8) is 0 Å². The first-order chi connectivity index (χ1) is 12.9. The van der Waals surface area contributed by atoms with Gasteiger partial charge in [-0.15, -0.1) is 0 Å². The number of aromatic nitrogens is 2. The molecule has 3 rings (SSSR count). The number of furan rings is 1. The summed E-state index contributed by atoms with van der Waals surface area (Å²) in [6.45, 7) is 2.34. The molecule has 1 amide bonds. The van der Waals surface area contributed by atoms with Gasteiger partial charge in [-0.1, -0.05) is 0 Å². The zero-order chi connectivity index (χ0) is 19.4. The number of non-ortho nitro benzene ring substituents is 1. The third-order valence-corrected chi connectivity index (χ3v) is 3.87. The molecule has 1 aromatic carbocycles. The number of hydrogen-bond donors (Lipinski definition) is 1. The van der Waals surface area contributed by atoms with Crippen LogP contribution in [-0.4, -0.2) is 20.6 Å². The first kappa shape index (κ1) is 18.2. The van der Waals surface area contributed by atoms with E-state index in [0.29, 0.717) is 18.1 Å². The summed E-state index contributed by atoms with van der Waals surface area (Å²) in [5.41, 5.74) is 1.77. The Bertz CT molecular complexity index is 959. The van der Waals surface area contributed by atoms with E-state index in [2.05, 4.69) is 10.4 Å². The number of ether oxygens (including phenoxy) is 1. The van der Waals surface area contributed by atoms with Crippen molar-refractivity contribution in [1.29, 1.82) is 0 Å². The molecular weight excluding hydrogens is 352 g/mol. The van der Waals surface area contributed by atoms with Gasteiger partial charge in [-0.2, -0.15) is 5.10 Å². The van der Waals surface area contributed by atoms with Gasteiger partial charge in [0.1, 0.15) is 18.1 Å². The average Bonchev–Trinajstić information content (AvgIpc) is 3.24. The summed E-state index contributed by atoms with van der Waals surface area (Å²) in [6.07, 6.45) is 1.85. The first-order valence-electron chi connectivity index (χ1n) is 8.15. The Morgan fingerprint density at radius 3 is 2.67 bits per heavy atom. The fourth-order valence-electron chi connectivity index (χ4n) is 2.48. The summed E-state index contributed by atoms with van der Waals surface area (Å²) in [5.74, 6) is 0.782. The van der Waals surface area contributed by atoms with Gasteiger partial charge in [-0.25, -0.2) is 0 Å². The van der Waals surface area contributed by atoms with E-state index in [1.165, 1.54) is 24.3 Å². The van der Waals surface area contributed by atoms with Crippen LogP contribution < -0.4 is 10.1 Å². The van der Waals surface area contributed by atoms with E-state index < -0.39 is 4.92 Å². The monoisotopic (exact) mass is 370 g/mol. The van der Waals surface area contributed by atoms with Gasteiger partial charge in [-0.3, -0.25) is 19.6 Å². The smallest absolute Gasteiger partial charge is 0.287 e. The van der Waals surface area contributed by atoms with Crippen molar-refractivity contribution in [2.24, 2.45) is 7.05 Å². The van der Waals surface area contributed by atoms with Crippen molar-refractivity contribution >= 4 is 11.6 Å². The van der Waals surface area contributed by atoms with Crippen LogP contribution in [0.5, 0.6) is 5.75 Å². The van der Waals surface area contributed by atoms with Crippen LogP contribution in [0.15, 0.2) is 47.0 Å². The molecule has 0 saturated heterocycles. The number of benzene rings is 1. The summed E-state index contributed by atoms with van der Waals surface area (Å²) >= 11 is 0. The van der Waals surface area contributed by atoms with Crippen molar-refractivity contribution in [1.82, 2.24) is 15.1 Å². The Hall–Kier alpha value is -3.62. The van der Waals surface area contributed by atoms with Gasteiger partial charge in [0.15, 0.2) is 5.76 Å². The standard InChI is InChI=1S/C18H18N4O5/c1-12-13(10-21(2)20-12)9-19-18(23)17-8-7-16(27-17)11-26-15-5-3-14(4-6-15)22(24)25/h3-8,10H,9,11H2,1-2H3,(H,19,23). The van der Waals surface area contributed by atoms with E-state index in [-0.39, 0.29) is 24.0 Å². The summed E-state index contributed by atoms with van der Waals surface area (Å²) in [6, 6.07) is 8.94. The average molecular weight is 370 g/mol. The Kier molecular flexibility index (Phi) is 5.20. The number of hydrogen-bond acceptors (Lipinski definition) is 6. The Labute approximate surface area is 154 Å². The molecule has 140 valence electrons. The van der Waals surface area contributed by atoms with Gasteiger partial charge in [0.2, 0.25) is 0 Å². The highest BCUT2D eigenvalue weighted by molar-refractivity contribution is 5.91. The van der Waals surface area contributed by atoms with Gasteiger partial charge in [-0.05, 0) is 31.2 Å². The number of carbonyl (C=O) groups excluding carboxylic acids is 1. The molecule has 0 aliphatic carbocycles. The normalized spacial score (nSPS) is 10.6. The molecule has 9 heteroatoms. The Morgan fingerprint density at radius 1 is 1.30 bits per heavy atom. The van der Waals surface area contributed by atoms with E-state index in [0.717, 1.165) is 11.3 Å². The lowest BCUT2D eigenvalue weighted by atomic mass is 10.2. The minimum atomic E-state index is -0.478. The molecule has 3 aromatic rings. The second-order valence-electron chi connectivity index (χ2n) is 5.90. The fourth-order valence-corrected chi connectivity index (χ4v) is 2.48. The summed E-state index contributed by atoms with van der Waals surface area (Å²) in [7, 11) is 1.82. The molecule has 0 aliphatic heterocycles. The molecular formula is C18H18N4O5. The second kappa shape index (κ2) is 7.73. The van der Waals surface area contributed by atoms with Crippen molar-refractivity contribution in [3.8, 4) is 5.75 Å². The molecule has 0 aliphatic rings. The molecule has 2 heterocycles. The number of nitro groups is 1. The highest BCUT2D eigenvalue weighted by atomic mass is 16.6. The van der Waals surface area contributed by atoms with Crippen LogP contribution in [-0.2, 0) is 20.2 Å². The maximum Gasteiger partial charge on any atom is 0.287 e. The van der Waals surface area contributed by atoms with Crippen LogP contribution in [0.25, 0.3) is 0 Å². The summed E-state index contributed by atoms with van der Waals surface area (Å²) < 4.78 is 12.7. The number of rotatable bonds is 7. The van der Waals surface area contributed by atoms with Gasteiger partial charge in [0, 0.05) is 37.5 Å². The molecule has 0 unspecified atom stereocenters. The van der Waals surface area contributed by atoms with Crippen molar-refractivity contribution in [3.05, 3.63) is 75.5 Å². The third kappa shape index (κ3) is 4.51. The number of nitrogens with zero attached hydrogens (tertiary/aromatic N) is 3. The maximum atomic E-state index is 12.2. The largest absolute Gasteiger partial charge is 0.486 e. The number of aryl methyl sites for hydroxylation is 2. The van der Waals surface area contributed by atoms with Gasteiger partial charge in [0.25, 0.3) is 11.6 Å². The molecule has 1 N–H and O–H groups in total. The second-order valence-corrected chi connectivity index (χ2v) is 5.90. The molecule has 0 saturated carbocycles. The summed E-state index contributed by atoms with van der Waals surface area (Å²) in [4.78, 5) is 22.3. The van der Waals surface area contributed by atoms with E-state index >= 15 is 0 Å². The van der Waals surface area contributed by atoms with Crippen molar-refractivity contribution < 1.29 is 18.9 Å². The first-order valence-corrected chi connectivity index (χ1v) is 8.15. The molecule has 0 spiro atoms. The zero-order valence-electron chi connectivity index (χ0n) is 14.8. The third-order valence-electron chi connectivity index (χ3n) is 3.87. The predicted octanol–water partition coefficient (Wildman–Crippen LogP) is 2.74. The van der Waals surface area contributed by atoms with E-state index in [1.807, 2.05) is 20.2 Å². The van der Waals surface area contributed by atoms with Crippen LogP contribution in [0.4, 0.5) is 5.69 Å². The number of nitrogens with one attached hydrogen (secondary N) is 1. The minimum Gasteiger partial charge on any atom is -0.486 e. The number of nitro benzene ring substituents is 1. The SMILES string of the molecule is Cc1nn(C)cc1CNC(=O)c1ccc(COc2ccc([N+](=O)[O-])cc2)o1. The van der Waals surface area contributed by atoms with Crippen molar-refractivity contribution in [2.45, 2.75) is 20.1 Å². The lowest BCUT2D eigenvalue weighted by Gasteiger charge is -2.04. The maximum absolute atomic E-state index is 12.2. The van der Waals surface area contributed by atoms with Crippen LogP contribution >= 0.6 is 0 Å². The van der Waals surface area contributed by atoms with Crippen LogP contribution in [0, 0.1) is 17.0 Å². The van der Waals surface area contributed by atoms with Gasteiger partial charge >= 0.3 is 0 Å². The Morgan fingerprint density at radius 2 is 2.04 bits per heavy atom. The van der Waals surface area contributed by atoms with Gasteiger partial charge < -0.3 is 14.5 Å². The molecule has 27 heavy (non-hydrogen) atoms. The molecule has 9 nitrogen and oxygen atoms in total. The molecule has 0 radical (unpaired) electrons. The van der Waals surface area contributed by atoms with Gasteiger partial charge in [0.05, 0.1) is 10.6 Å². The lowest BCUT2D eigenvalue weighted by molar-refractivity contribution is -0.384. The summed E-state index contributed by atoms with van der Waals surface area (Å²) in [5, 5.41) is 17.6. The molecule has 0 bridgehead atoms. The number of amides is 1. The van der Waals surface area contributed by atoms with Crippen LogP contribution in [0.3, 0.4) is 0 Å². The lowest BCUT2D eigenvalue weighted by Crippen LogP contribution is -2.22. The van der Waals surface area contributed by atoms with E-state index in [4.69, 9.17) is 9.15 Å². The van der Waals surface area contributed by atoms with E-state index in [1.54, 1.807) is 16.8 Å². The van der Waals surface area contributed by atoms with Crippen LogP contribution in [0.1, 0.15) is 27.6 Å². The molecule has 0 fully saturated rings. The molecule has 0 atom stereocenters. The highest BCUT2D eigenvalue weighted by Crippen LogP contribution is 2.19. The minimum absolute atomic E-state index is 0.0110. The molecule has 2 aromatic heterocycles. The quantitative estimate of drug-likeness (QED) is 0.505. The number of carbonyl (C=O) groups is 1. The highest BCUT2D eigenvalue weighted by Gasteiger charge is 2.13.